The molecule has 2 heterocycles. The quantitative estimate of drug-likeness (QED) is 0.0949. The molecular formula is C53H56N2O5. The Labute approximate surface area is 354 Å². The fourth-order valence-corrected chi connectivity index (χ4v) is 10.7. The van der Waals surface area contributed by atoms with E-state index in [2.05, 4.69) is 22.8 Å². The van der Waals surface area contributed by atoms with Crippen molar-refractivity contribution in [2.75, 3.05) is 39.4 Å². The lowest BCUT2D eigenvalue weighted by Gasteiger charge is -2.52. The van der Waals surface area contributed by atoms with Gasteiger partial charge >= 0.3 is 0 Å². The summed E-state index contributed by atoms with van der Waals surface area (Å²) in [4.78, 5) is 46.9. The second-order valence-electron chi connectivity index (χ2n) is 17.0. The van der Waals surface area contributed by atoms with Gasteiger partial charge in [-0.05, 0) is 111 Å². The van der Waals surface area contributed by atoms with E-state index in [4.69, 9.17) is 0 Å². The number of nitrogens with one attached hydrogen (secondary N) is 2. The Morgan fingerprint density at radius 1 is 0.533 bits per heavy atom. The van der Waals surface area contributed by atoms with Gasteiger partial charge in [-0.1, -0.05) is 146 Å². The monoisotopic (exact) mass is 800 g/mol. The summed E-state index contributed by atoms with van der Waals surface area (Å²) in [5, 5.41) is 29.7. The second-order valence-corrected chi connectivity index (χ2v) is 17.0. The van der Waals surface area contributed by atoms with Gasteiger partial charge in [-0.15, -0.1) is 0 Å². The molecule has 7 nitrogen and oxygen atoms in total. The maximum absolute atomic E-state index is 16.9. The standard InChI is InChI=1S/C53H56N2O5/c56-29-25-52(33-45(49(58)39-19-9-3-10-20-39)43(37-15-5-1-6-16-37)31-47(52)41-23-13-27-54-35-41)51(60)53(26-30-57)34-46(50(59)40-21-11-4-12-22-40)44(38-17-7-2-8-18-38)32-48(53)42-24-14-28-55-36-42/h1-12,15-22,31-34,41-42,47-48,54-57H,13-14,23-30,35-36H2. The van der Waals surface area contributed by atoms with Crippen molar-refractivity contribution in [1.82, 2.24) is 10.6 Å². The summed E-state index contributed by atoms with van der Waals surface area (Å²) in [7, 11) is 0. The molecule has 0 aromatic heterocycles. The average Bonchev–Trinajstić information content (AvgIpc) is 3.32. The molecule has 0 bridgehead atoms. The van der Waals surface area contributed by atoms with E-state index in [0.717, 1.165) is 61.0 Å². The zero-order chi connectivity index (χ0) is 41.5. The summed E-state index contributed by atoms with van der Waals surface area (Å²) in [5.74, 6) is -1.36. The number of aliphatic hydroxyl groups is 2. The number of hydrogen-bond donors (Lipinski definition) is 4. The molecule has 2 aliphatic carbocycles. The minimum atomic E-state index is -1.37. The van der Waals surface area contributed by atoms with Crippen molar-refractivity contribution in [3.05, 3.63) is 179 Å². The van der Waals surface area contributed by atoms with Crippen LogP contribution < -0.4 is 10.6 Å². The lowest BCUT2D eigenvalue weighted by molar-refractivity contribution is -0.142. The first kappa shape index (κ1) is 41.4. The number of piperidine rings is 2. The number of rotatable bonds is 14. The number of carbonyl (C=O) groups is 3. The van der Waals surface area contributed by atoms with Crippen LogP contribution in [0.1, 0.15) is 70.4 Å². The van der Waals surface area contributed by atoms with Crippen molar-refractivity contribution in [2.45, 2.75) is 38.5 Å². The van der Waals surface area contributed by atoms with Gasteiger partial charge in [0.1, 0.15) is 0 Å². The van der Waals surface area contributed by atoms with Crippen LogP contribution >= 0.6 is 0 Å². The molecule has 0 amide bonds. The van der Waals surface area contributed by atoms with E-state index < -0.39 is 22.7 Å². The zero-order valence-corrected chi connectivity index (χ0v) is 34.3. The molecule has 60 heavy (non-hydrogen) atoms. The van der Waals surface area contributed by atoms with Gasteiger partial charge in [0.25, 0.3) is 0 Å². The van der Waals surface area contributed by atoms with Gasteiger partial charge in [-0.25, -0.2) is 0 Å². The van der Waals surface area contributed by atoms with Crippen LogP contribution in [0.5, 0.6) is 0 Å². The first-order valence-electron chi connectivity index (χ1n) is 21.8. The summed E-state index contributed by atoms with van der Waals surface area (Å²) in [6.45, 7) is 2.51. The molecule has 0 saturated carbocycles. The van der Waals surface area contributed by atoms with Crippen molar-refractivity contribution in [2.24, 2.45) is 34.5 Å². The van der Waals surface area contributed by atoms with Crippen molar-refractivity contribution in [3.63, 3.8) is 0 Å². The van der Waals surface area contributed by atoms with E-state index in [1.807, 2.05) is 109 Å². The van der Waals surface area contributed by atoms with E-state index in [-0.39, 0.29) is 55.2 Å². The summed E-state index contributed by atoms with van der Waals surface area (Å²) in [5.41, 5.74) is 2.42. The summed E-state index contributed by atoms with van der Waals surface area (Å²) >= 11 is 0. The molecule has 4 aromatic rings. The van der Waals surface area contributed by atoms with Crippen LogP contribution in [0.4, 0.5) is 0 Å². The number of aliphatic hydroxyl groups excluding tert-OH is 2. The Morgan fingerprint density at radius 3 is 1.23 bits per heavy atom. The fourth-order valence-electron chi connectivity index (χ4n) is 10.7. The minimum absolute atomic E-state index is 0.00646. The smallest absolute Gasteiger partial charge is 0.193 e. The van der Waals surface area contributed by atoms with E-state index in [1.54, 1.807) is 24.3 Å². The molecule has 4 aromatic carbocycles. The number of hydrogen-bond acceptors (Lipinski definition) is 7. The molecular weight excluding hydrogens is 745 g/mol. The Morgan fingerprint density at radius 2 is 0.900 bits per heavy atom. The Balaban J connectivity index is 1.41. The second kappa shape index (κ2) is 18.5. The van der Waals surface area contributed by atoms with E-state index >= 15 is 4.79 Å². The highest BCUT2D eigenvalue weighted by Crippen LogP contribution is 2.58. The Bertz CT molecular complexity index is 2110. The molecule has 6 unspecified atom stereocenters. The molecule has 2 aliphatic heterocycles. The zero-order valence-electron chi connectivity index (χ0n) is 34.3. The van der Waals surface area contributed by atoms with E-state index in [9.17, 15) is 19.8 Å². The SMILES string of the molecule is O=C(C1=CC(CCO)(C(=O)C2(CCO)C=C(C(=O)c3ccccc3)C(c3ccccc3)=CC2C2CCCNC2)C(C2CCCNC2)C=C1c1ccccc1)c1ccccc1. The average molecular weight is 801 g/mol. The van der Waals surface area contributed by atoms with E-state index in [0.29, 0.717) is 35.4 Å². The van der Waals surface area contributed by atoms with E-state index in [1.165, 1.54) is 0 Å². The molecule has 4 aliphatic rings. The number of Topliss-reactive ketones (excluding diaryl/α,β-unsaturated/α-hetero) is 3. The third-order valence-electron chi connectivity index (χ3n) is 13.6. The van der Waals surface area contributed by atoms with Gasteiger partial charge in [0.05, 0.1) is 10.8 Å². The largest absolute Gasteiger partial charge is 0.396 e. The third kappa shape index (κ3) is 8.00. The summed E-state index contributed by atoms with van der Waals surface area (Å²) in [6.07, 6.45) is 11.9. The highest BCUT2D eigenvalue weighted by Gasteiger charge is 2.59. The van der Waals surface area contributed by atoms with Gasteiger partial charge in [0, 0.05) is 35.5 Å². The lowest BCUT2D eigenvalue weighted by Crippen LogP contribution is -2.56. The molecule has 2 saturated heterocycles. The Kier molecular flexibility index (Phi) is 12.8. The van der Waals surface area contributed by atoms with Crippen LogP contribution in [-0.2, 0) is 4.79 Å². The molecule has 7 heteroatoms. The molecule has 6 atom stereocenters. The number of benzene rings is 4. The number of carbonyl (C=O) groups excluding carboxylic acids is 3. The number of ketones is 3. The topological polar surface area (TPSA) is 116 Å². The molecule has 0 spiro atoms. The lowest BCUT2D eigenvalue weighted by atomic mass is 9.50. The maximum Gasteiger partial charge on any atom is 0.193 e. The predicted molar refractivity (Wildman–Crippen MR) is 238 cm³/mol. The van der Waals surface area contributed by atoms with Crippen LogP contribution in [0.15, 0.2) is 157 Å². The highest BCUT2D eigenvalue weighted by molar-refractivity contribution is 6.21. The molecule has 308 valence electrons. The maximum atomic E-state index is 16.9. The predicted octanol–water partition coefficient (Wildman–Crippen LogP) is 8.34. The van der Waals surface area contributed by atoms with Crippen LogP contribution in [0.3, 0.4) is 0 Å². The third-order valence-corrected chi connectivity index (χ3v) is 13.6. The molecule has 2 fully saturated rings. The summed E-state index contributed by atoms with van der Waals surface area (Å²) in [6, 6.07) is 38.2. The first-order chi connectivity index (χ1) is 29.4. The molecule has 8 rings (SSSR count). The molecule has 4 N–H and O–H groups in total. The van der Waals surface area contributed by atoms with Gasteiger partial charge in [0.15, 0.2) is 17.3 Å². The fraction of sp³-hybridized carbons (Fsp3) is 0.340. The normalized spacial score (nSPS) is 26.8. The summed E-state index contributed by atoms with van der Waals surface area (Å²) < 4.78 is 0. The minimum Gasteiger partial charge on any atom is -0.396 e. The van der Waals surface area contributed by atoms with Crippen molar-refractivity contribution in [1.29, 1.82) is 0 Å². The molecule has 0 radical (unpaired) electrons. The van der Waals surface area contributed by atoms with Crippen LogP contribution in [-0.4, -0.2) is 67.0 Å². The van der Waals surface area contributed by atoms with Crippen molar-refractivity contribution < 1.29 is 24.6 Å². The first-order valence-corrected chi connectivity index (χ1v) is 21.8. The Hall–Kier alpha value is -5.31. The van der Waals surface area contributed by atoms with Gasteiger partial charge in [-0.3, -0.25) is 14.4 Å². The van der Waals surface area contributed by atoms with Crippen molar-refractivity contribution >= 4 is 28.5 Å². The van der Waals surface area contributed by atoms with Gasteiger partial charge in [-0.2, -0.15) is 0 Å². The van der Waals surface area contributed by atoms with Crippen LogP contribution in [0.25, 0.3) is 11.1 Å². The van der Waals surface area contributed by atoms with Gasteiger partial charge < -0.3 is 20.8 Å². The highest BCUT2D eigenvalue weighted by atomic mass is 16.3. The number of allylic oxidation sites excluding steroid dienone is 8. The van der Waals surface area contributed by atoms with Gasteiger partial charge in [0.2, 0.25) is 0 Å². The van der Waals surface area contributed by atoms with Crippen molar-refractivity contribution in [3.8, 4) is 0 Å². The van der Waals surface area contributed by atoms with Crippen LogP contribution in [0, 0.1) is 34.5 Å². The van der Waals surface area contributed by atoms with Crippen LogP contribution in [0.2, 0.25) is 0 Å².